The Morgan fingerprint density at radius 2 is 2.18 bits per heavy atom. The van der Waals surface area contributed by atoms with Crippen molar-refractivity contribution in [3.63, 3.8) is 0 Å². The third kappa shape index (κ3) is 3.13. The molecule has 28 heavy (non-hydrogen) atoms. The summed E-state index contributed by atoms with van der Waals surface area (Å²) >= 11 is 6.16. The number of aromatic nitrogens is 2. The summed E-state index contributed by atoms with van der Waals surface area (Å²) in [7, 11) is 0. The molecule has 0 saturated heterocycles. The second kappa shape index (κ2) is 7.27. The lowest BCUT2D eigenvalue weighted by Crippen LogP contribution is -2.52. The van der Waals surface area contributed by atoms with Crippen LogP contribution in [0.1, 0.15) is 24.5 Å². The van der Waals surface area contributed by atoms with Crippen LogP contribution in [0.25, 0.3) is 0 Å². The zero-order chi connectivity index (χ0) is 19.8. The summed E-state index contributed by atoms with van der Waals surface area (Å²) in [4.78, 5) is 33.3. The van der Waals surface area contributed by atoms with Crippen LogP contribution in [0.5, 0.6) is 0 Å². The number of halogens is 1. The third-order valence-electron chi connectivity index (χ3n) is 4.81. The van der Waals surface area contributed by atoms with Crippen molar-refractivity contribution in [2.75, 3.05) is 29.9 Å². The van der Waals surface area contributed by atoms with Gasteiger partial charge >= 0.3 is 6.03 Å². The number of hydrogen-bond acceptors (Lipinski definition) is 4. The van der Waals surface area contributed by atoms with Crippen molar-refractivity contribution in [2.45, 2.75) is 26.8 Å². The highest BCUT2D eigenvalue weighted by Crippen LogP contribution is 2.33. The van der Waals surface area contributed by atoms with Gasteiger partial charge in [0.25, 0.3) is 0 Å². The van der Waals surface area contributed by atoms with Crippen molar-refractivity contribution < 1.29 is 9.59 Å². The maximum absolute atomic E-state index is 13.0. The number of amidine groups is 1. The van der Waals surface area contributed by atoms with Crippen molar-refractivity contribution in [1.29, 1.82) is 0 Å². The fourth-order valence-corrected chi connectivity index (χ4v) is 3.69. The molecule has 0 bridgehead atoms. The van der Waals surface area contributed by atoms with Gasteiger partial charge in [-0.2, -0.15) is 5.10 Å². The Morgan fingerprint density at radius 3 is 2.96 bits per heavy atom. The zero-order valence-electron chi connectivity index (χ0n) is 15.8. The molecule has 0 unspecified atom stereocenters. The monoisotopic (exact) mass is 400 g/mol. The average Bonchev–Trinajstić information content (AvgIpc) is 3.28. The van der Waals surface area contributed by atoms with Gasteiger partial charge < -0.3 is 5.32 Å². The van der Waals surface area contributed by atoms with Crippen molar-refractivity contribution in [1.82, 2.24) is 14.7 Å². The molecule has 0 saturated carbocycles. The molecule has 1 N–H and O–H groups in total. The number of aryl methyl sites for hydroxylation is 2. The standard InChI is InChI=1S/C19H21ClN6O2/c1-3-7-26-17(12(2)10-22-26)23-16(27)11-25-15-9-13(20)4-5-14(15)18-21-6-8-24(18)19(25)28/h4-5,9-10H,3,6-8,11H2,1-2H3,(H,23,27). The lowest BCUT2D eigenvalue weighted by atomic mass is 10.1. The fourth-order valence-electron chi connectivity index (χ4n) is 3.52. The van der Waals surface area contributed by atoms with Crippen LogP contribution in [0.4, 0.5) is 16.3 Å². The molecule has 1 aromatic heterocycles. The number of nitrogens with one attached hydrogen (secondary N) is 1. The second-order valence-corrected chi connectivity index (χ2v) is 7.27. The average molecular weight is 401 g/mol. The van der Waals surface area contributed by atoms with Crippen LogP contribution >= 0.6 is 11.6 Å². The van der Waals surface area contributed by atoms with Gasteiger partial charge in [-0.1, -0.05) is 18.5 Å². The molecule has 0 fully saturated rings. The van der Waals surface area contributed by atoms with Gasteiger partial charge in [-0.25, -0.2) is 9.48 Å². The molecule has 0 aliphatic carbocycles. The molecule has 1 aromatic carbocycles. The van der Waals surface area contributed by atoms with E-state index in [1.54, 1.807) is 27.9 Å². The molecule has 8 nitrogen and oxygen atoms in total. The van der Waals surface area contributed by atoms with E-state index in [9.17, 15) is 9.59 Å². The minimum Gasteiger partial charge on any atom is -0.309 e. The van der Waals surface area contributed by atoms with Crippen LogP contribution < -0.4 is 10.2 Å². The highest BCUT2D eigenvalue weighted by atomic mass is 35.5. The number of benzene rings is 1. The summed E-state index contributed by atoms with van der Waals surface area (Å²) in [5, 5.41) is 7.69. The lowest BCUT2D eigenvalue weighted by Gasteiger charge is -2.35. The number of amides is 3. The van der Waals surface area contributed by atoms with Gasteiger partial charge in [0.2, 0.25) is 5.91 Å². The highest BCUT2D eigenvalue weighted by Gasteiger charge is 2.38. The molecule has 0 atom stereocenters. The Labute approximate surface area is 167 Å². The molecule has 0 spiro atoms. The normalized spacial score (nSPS) is 15.4. The van der Waals surface area contributed by atoms with Crippen molar-refractivity contribution in [2.24, 2.45) is 4.99 Å². The summed E-state index contributed by atoms with van der Waals surface area (Å²) in [5.41, 5.74) is 2.29. The molecule has 146 valence electrons. The fraction of sp³-hybridized carbons (Fsp3) is 0.368. The van der Waals surface area contributed by atoms with Gasteiger partial charge in [-0.05, 0) is 31.5 Å². The van der Waals surface area contributed by atoms with E-state index in [0.29, 0.717) is 42.0 Å². The minimum absolute atomic E-state index is 0.118. The molecular formula is C19H21ClN6O2. The Morgan fingerprint density at radius 1 is 1.36 bits per heavy atom. The number of rotatable bonds is 5. The number of nitrogens with zero attached hydrogens (tertiary/aromatic N) is 5. The Bertz CT molecular complexity index is 983. The Kier molecular flexibility index (Phi) is 4.80. The minimum atomic E-state index is -0.292. The van der Waals surface area contributed by atoms with Crippen LogP contribution in [0.15, 0.2) is 29.4 Å². The van der Waals surface area contributed by atoms with E-state index >= 15 is 0 Å². The molecule has 2 aromatic rings. The predicted octanol–water partition coefficient (Wildman–Crippen LogP) is 2.90. The molecule has 0 radical (unpaired) electrons. The molecule has 2 aliphatic rings. The smallest absolute Gasteiger partial charge is 0.309 e. The van der Waals surface area contributed by atoms with Crippen LogP contribution in [0, 0.1) is 6.92 Å². The number of hydrogen-bond donors (Lipinski definition) is 1. The topological polar surface area (TPSA) is 82.8 Å². The van der Waals surface area contributed by atoms with Crippen LogP contribution in [-0.4, -0.2) is 52.1 Å². The van der Waals surface area contributed by atoms with E-state index in [4.69, 9.17) is 11.6 Å². The lowest BCUT2D eigenvalue weighted by molar-refractivity contribution is -0.115. The van der Waals surface area contributed by atoms with E-state index in [0.717, 1.165) is 17.5 Å². The molecule has 9 heteroatoms. The Hall–Kier alpha value is -2.87. The number of carbonyl (C=O) groups is 2. The van der Waals surface area contributed by atoms with E-state index in [2.05, 4.69) is 15.4 Å². The van der Waals surface area contributed by atoms with Gasteiger partial charge in [-0.15, -0.1) is 0 Å². The number of carbonyl (C=O) groups excluding carboxylic acids is 2. The summed E-state index contributed by atoms with van der Waals surface area (Å²) in [6.45, 7) is 5.59. The summed E-state index contributed by atoms with van der Waals surface area (Å²) in [5.74, 6) is 1.01. The van der Waals surface area contributed by atoms with Crippen LogP contribution in [0.2, 0.25) is 5.02 Å². The first-order valence-electron chi connectivity index (χ1n) is 9.25. The molecular weight excluding hydrogens is 380 g/mol. The molecule has 2 aliphatic heterocycles. The first-order chi connectivity index (χ1) is 13.5. The first-order valence-corrected chi connectivity index (χ1v) is 9.63. The quantitative estimate of drug-likeness (QED) is 0.837. The number of fused-ring (bicyclic) bond motifs is 3. The van der Waals surface area contributed by atoms with Crippen LogP contribution in [-0.2, 0) is 11.3 Å². The maximum Gasteiger partial charge on any atom is 0.330 e. The Balaban J connectivity index is 1.61. The van der Waals surface area contributed by atoms with Gasteiger partial charge in [-0.3, -0.25) is 19.6 Å². The third-order valence-corrected chi connectivity index (χ3v) is 5.05. The van der Waals surface area contributed by atoms with E-state index in [1.165, 1.54) is 4.90 Å². The van der Waals surface area contributed by atoms with Crippen molar-refractivity contribution in [3.8, 4) is 0 Å². The number of urea groups is 1. The molecule has 3 heterocycles. The van der Waals surface area contributed by atoms with E-state index in [1.807, 2.05) is 19.9 Å². The predicted molar refractivity (Wildman–Crippen MR) is 108 cm³/mol. The highest BCUT2D eigenvalue weighted by molar-refractivity contribution is 6.32. The van der Waals surface area contributed by atoms with Crippen molar-refractivity contribution in [3.05, 3.63) is 40.5 Å². The van der Waals surface area contributed by atoms with Gasteiger partial charge in [0.15, 0.2) is 0 Å². The summed E-state index contributed by atoms with van der Waals surface area (Å²) in [6.07, 6.45) is 2.62. The summed E-state index contributed by atoms with van der Waals surface area (Å²) in [6, 6.07) is 5.04. The molecule has 3 amide bonds. The van der Waals surface area contributed by atoms with Gasteiger partial charge in [0.05, 0.1) is 18.4 Å². The van der Waals surface area contributed by atoms with E-state index in [-0.39, 0.29) is 18.5 Å². The van der Waals surface area contributed by atoms with Crippen molar-refractivity contribution >= 4 is 40.9 Å². The summed E-state index contributed by atoms with van der Waals surface area (Å²) < 4.78 is 1.77. The van der Waals surface area contributed by atoms with E-state index < -0.39 is 0 Å². The SMILES string of the molecule is CCCn1ncc(C)c1NC(=O)CN1C(=O)N2CCN=C2c2ccc(Cl)cc21. The number of anilines is 2. The zero-order valence-corrected chi connectivity index (χ0v) is 16.5. The van der Waals surface area contributed by atoms with Crippen LogP contribution in [0.3, 0.4) is 0 Å². The maximum atomic E-state index is 13.0. The van der Waals surface area contributed by atoms with Gasteiger partial charge in [0.1, 0.15) is 18.2 Å². The molecule has 4 rings (SSSR count). The second-order valence-electron chi connectivity index (χ2n) is 6.83. The number of aliphatic imine (C=N–C) groups is 1. The first kappa shape index (κ1) is 18.5. The van der Waals surface area contributed by atoms with Gasteiger partial charge in [0, 0.05) is 29.2 Å². The largest absolute Gasteiger partial charge is 0.330 e.